The number of carbonyl (C=O) groups excluding carboxylic acids is 1. The van der Waals surface area contributed by atoms with Gasteiger partial charge in [0.25, 0.3) is 0 Å². The lowest BCUT2D eigenvalue weighted by molar-refractivity contribution is 0.0642. The van der Waals surface area contributed by atoms with Crippen LogP contribution in [0.25, 0.3) is 0 Å². The minimum absolute atomic E-state index is 0.163. The first kappa shape index (κ1) is 8.58. The van der Waals surface area contributed by atoms with E-state index in [0.29, 0.717) is 0 Å². The van der Waals surface area contributed by atoms with Crippen LogP contribution in [0.1, 0.15) is 0 Å². The summed E-state index contributed by atoms with van der Waals surface area (Å²) in [5.74, 6) is 0. The Bertz CT molecular complexity index is 84.6. The van der Waals surface area contributed by atoms with Gasteiger partial charge in [-0.15, -0.1) is 0 Å². The molecule has 0 heterocycles. The minimum Gasteiger partial charge on any atom is -0.438 e. The molecule has 0 aliphatic heterocycles. The zero-order chi connectivity index (χ0) is 7.11. The number of hydrogen-bond donors (Lipinski definition) is 1. The minimum atomic E-state index is -0.708. The van der Waals surface area contributed by atoms with Crippen LogP contribution in [0, 0.1) is 0 Å². The van der Waals surface area contributed by atoms with Crippen molar-refractivity contribution in [2.45, 2.75) is 0 Å². The molecule has 0 saturated carbocycles. The maximum absolute atomic E-state index is 10.2. The molecule has 9 heavy (non-hydrogen) atoms. The summed E-state index contributed by atoms with van der Waals surface area (Å²) in [6.45, 7) is 0.425. The normalized spacial score (nSPS) is 8.67. The fourth-order valence-corrected chi connectivity index (χ4v) is 0.296. The van der Waals surface area contributed by atoms with Gasteiger partial charge in [-0.25, -0.2) is 4.79 Å². The predicted octanol–water partition coefficient (Wildman–Crippen LogP) is 0.631. The van der Waals surface area contributed by atoms with Crippen LogP contribution in [-0.2, 0) is 13.7 Å². The molecule has 0 N–H and O–H groups in total. The van der Waals surface area contributed by atoms with Crippen molar-refractivity contribution < 1.29 is 18.5 Å². The van der Waals surface area contributed by atoms with E-state index in [9.17, 15) is 4.79 Å². The lowest BCUT2D eigenvalue weighted by Gasteiger charge is -1.99. The second-order valence-corrected chi connectivity index (χ2v) is 1.39. The highest BCUT2D eigenvalue weighted by atomic mass is 32.1. The van der Waals surface area contributed by atoms with E-state index in [-0.39, 0.29) is 13.2 Å². The standard InChI is InChI=1S/C4H8O4S/c1-6-4(5)7-2-3-8-9/h9H,2-3H2,1H3. The molecule has 54 valence electrons. The molecule has 0 atom stereocenters. The van der Waals surface area contributed by atoms with Crippen LogP contribution in [0.5, 0.6) is 0 Å². The maximum Gasteiger partial charge on any atom is 0.508 e. The number of rotatable bonds is 3. The fourth-order valence-electron chi connectivity index (χ4n) is 0.221. The van der Waals surface area contributed by atoms with E-state index in [1.165, 1.54) is 7.11 Å². The number of methoxy groups -OCH3 is 1. The van der Waals surface area contributed by atoms with Crippen molar-refractivity contribution in [3.05, 3.63) is 0 Å². The lowest BCUT2D eigenvalue weighted by Crippen LogP contribution is -2.08. The van der Waals surface area contributed by atoms with Crippen molar-refractivity contribution in [2.24, 2.45) is 0 Å². The third-order valence-corrected chi connectivity index (χ3v) is 0.744. The molecular weight excluding hydrogens is 144 g/mol. The van der Waals surface area contributed by atoms with E-state index >= 15 is 0 Å². The average Bonchev–Trinajstić information content (AvgIpc) is 1.89. The molecule has 0 aromatic carbocycles. The van der Waals surface area contributed by atoms with E-state index in [0.717, 1.165) is 0 Å². The first-order valence-corrected chi connectivity index (χ1v) is 2.65. The van der Waals surface area contributed by atoms with Crippen LogP contribution in [0.15, 0.2) is 0 Å². The number of carbonyl (C=O) groups is 1. The molecule has 0 radical (unpaired) electrons. The summed E-state index contributed by atoms with van der Waals surface area (Å²) in [4.78, 5) is 10.2. The van der Waals surface area contributed by atoms with Gasteiger partial charge in [0.15, 0.2) is 0 Å². The molecule has 4 nitrogen and oxygen atoms in total. The topological polar surface area (TPSA) is 44.8 Å². The van der Waals surface area contributed by atoms with Crippen LogP contribution in [0.4, 0.5) is 4.79 Å². The molecule has 0 amide bonds. The summed E-state index contributed by atoms with van der Waals surface area (Å²) in [5.41, 5.74) is 0. The van der Waals surface area contributed by atoms with Crippen LogP contribution in [0.2, 0.25) is 0 Å². The molecule has 0 aliphatic carbocycles. The largest absolute Gasteiger partial charge is 0.508 e. The highest BCUT2D eigenvalue weighted by molar-refractivity contribution is 7.75. The molecule has 0 rings (SSSR count). The van der Waals surface area contributed by atoms with Crippen molar-refractivity contribution in [1.29, 1.82) is 0 Å². The zero-order valence-electron chi connectivity index (χ0n) is 4.99. The van der Waals surface area contributed by atoms with Crippen LogP contribution in [0.3, 0.4) is 0 Å². The Morgan fingerprint density at radius 3 is 2.67 bits per heavy atom. The summed E-state index contributed by atoms with van der Waals surface area (Å²) in [5, 5.41) is 0. The van der Waals surface area contributed by atoms with Crippen LogP contribution in [-0.4, -0.2) is 26.5 Å². The molecule has 5 heteroatoms. The third-order valence-electron chi connectivity index (χ3n) is 0.561. The van der Waals surface area contributed by atoms with Crippen molar-refractivity contribution in [2.75, 3.05) is 20.3 Å². The molecule has 0 aromatic rings. The molecule has 0 fully saturated rings. The first-order chi connectivity index (χ1) is 4.31. The Morgan fingerprint density at radius 1 is 1.56 bits per heavy atom. The van der Waals surface area contributed by atoms with E-state index < -0.39 is 6.16 Å². The Balaban J connectivity index is 2.97. The van der Waals surface area contributed by atoms with Crippen molar-refractivity contribution in [1.82, 2.24) is 0 Å². The highest BCUT2D eigenvalue weighted by Crippen LogP contribution is 1.83. The Labute approximate surface area is 58.7 Å². The van der Waals surface area contributed by atoms with E-state index in [4.69, 9.17) is 0 Å². The predicted molar refractivity (Wildman–Crippen MR) is 33.3 cm³/mol. The maximum atomic E-state index is 10.2. The Morgan fingerprint density at radius 2 is 2.22 bits per heavy atom. The molecule has 0 unspecified atom stereocenters. The van der Waals surface area contributed by atoms with Gasteiger partial charge < -0.3 is 13.7 Å². The third kappa shape index (κ3) is 5.45. The summed E-state index contributed by atoms with van der Waals surface area (Å²) >= 11 is 3.42. The second kappa shape index (κ2) is 5.71. The van der Waals surface area contributed by atoms with Gasteiger partial charge in [0, 0.05) is 0 Å². The van der Waals surface area contributed by atoms with Crippen LogP contribution >= 0.6 is 12.9 Å². The first-order valence-electron chi connectivity index (χ1n) is 2.28. The monoisotopic (exact) mass is 152 g/mol. The molecule has 0 saturated heterocycles. The van der Waals surface area contributed by atoms with Gasteiger partial charge in [0.2, 0.25) is 0 Å². The van der Waals surface area contributed by atoms with E-state index in [1.807, 2.05) is 0 Å². The molecule has 0 spiro atoms. The van der Waals surface area contributed by atoms with Crippen molar-refractivity contribution in [3.8, 4) is 0 Å². The summed E-state index contributed by atoms with van der Waals surface area (Å²) in [6, 6.07) is 0. The van der Waals surface area contributed by atoms with Gasteiger partial charge in [-0.2, -0.15) is 0 Å². The number of ether oxygens (including phenoxy) is 2. The number of thiol groups is 1. The van der Waals surface area contributed by atoms with Gasteiger partial charge >= 0.3 is 6.16 Å². The van der Waals surface area contributed by atoms with Crippen molar-refractivity contribution in [3.63, 3.8) is 0 Å². The van der Waals surface area contributed by atoms with Gasteiger partial charge in [-0.3, -0.25) is 0 Å². The molecule has 0 bridgehead atoms. The second-order valence-electron chi connectivity index (χ2n) is 1.14. The SMILES string of the molecule is COC(=O)OCCOS. The quantitative estimate of drug-likeness (QED) is 0.279. The van der Waals surface area contributed by atoms with Gasteiger partial charge in [-0.05, 0) is 12.9 Å². The fraction of sp³-hybridized carbons (Fsp3) is 0.750. The zero-order valence-corrected chi connectivity index (χ0v) is 5.89. The molecule has 0 aliphatic rings. The van der Waals surface area contributed by atoms with E-state index in [1.54, 1.807) is 0 Å². The number of hydrogen-bond acceptors (Lipinski definition) is 5. The van der Waals surface area contributed by atoms with Gasteiger partial charge in [0.05, 0.1) is 13.7 Å². The smallest absolute Gasteiger partial charge is 0.438 e. The average molecular weight is 152 g/mol. The van der Waals surface area contributed by atoms with E-state index in [2.05, 4.69) is 26.6 Å². The van der Waals surface area contributed by atoms with Gasteiger partial charge in [0.1, 0.15) is 6.61 Å². The molecule has 0 aromatic heterocycles. The Hall–Kier alpha value is -0.420. The lowest BCUT2D eigenvalue weighted by atomic mass is 10.8. The highest BCUT2D eigenvalue weighted by Gasteiger charge is 1.96. The van der Waals surface area contributed by atoms with Crippen molar-refractivity contribution >= 4 is 19.1 Å². The molecular formula is C4H8O4S. The Kier molecular flexibility index (Phi) is 5.45. The van der Waals surface area contributed by atoms with Gasteiger partial charge in [-0.1, -0.05) is 0 Å². The summed E-state index contributed by atoms with van der Waals surface area (Å²) in [6.07, 6.45) is -0.708. The summed E-state index contributed by atoms with van der Waals surface area (Å²) < 4.78 is 12.9. The summed E-state index contributed by atoms with van der Waals surface area (Å²) in [7, 11) is 1.24. The van der Waals surface area contributed by atoms with Crippen LogP contribution < -0.4 is 0 Å².